The number of aromatic hydroxyl groups is 1. The zero-order valence-electron chi connectivity index (χ0n) is 16.8. The number of ketones is 3. The molecule has 1 aromatic carbocycles. The van der Waals surface area contributed by atoms with Crippen molar-refractivity contribution < 1.29 is 44.3 Å². The quantitative estimate of drug-likeness (QED) is 0.404. The Kier molecular flexibility index (Phi) is 4.55. The van der Waals surface area contributed by atoms with Gasteiger partial charge in [-0.2, -0.15) is 0 Å². The predicted molar refractivity (Wildman–Crippen MR) is 104 cm³/mol. The summed E-state index contributed by atoms with van der Waals surface area (Å²) in [6.07, 6.45) is -0.154. The predicted octanol–water partition coefficient (Wildman–Crippen LogP) is 1.47. The highest BCUT2D eigenvalue weighted by Gasteiger charge is 2.59. The molecule has 0 aliphatic heterocycles. The van der Waals surface area contributed by atoms with Gasteiger partial charge < -0.3 is 25.2 Å². The number of allylic oxidation sites excluding steroid dienone is 2. The van der Waals surface area contributed by atoms with Crippen molar-refractivity contribution in [1.29, 1.82) is 0 Å². The van der Waals surface area contributed by atoms with Gasteiger partial charge in [0.15, 0.2) is 17.2 Å². The van der Waals surface area contributed by atoms with E-state index in [0.29, 0.717) is 0 Å². The van der Waals surface area contributed by atoms with E-state index in [9.17, 15) is 39.6 Å². The van der Waals surface area contributed by atoms with E-state index >= 15 is 0 Å². The number of hydrogen-bond acceptors (Lipinski definition) is 9. The Morgan fingerprint density at radius 3 is 2.42 bits per heavy atom. The van der Waals surface area contributed by atoms with E-state index in [2.05, 4.69) is 0 Å². The number of aliphatic hydroxyl groups is 3. The molecule has 4 rings (SSSR count). The third-order valence-electron chi connectivity index (χ3n) is 6.46. The van der Waals surface area contributed by atoms with Crippen LogP contribution in [-0.4, -0.2) is 56.5 Å². The van der Waals surface area contributed by atoms with Crippen molar-refractivity contribution in [2.75, 3.05) is 7.11 Å². The summed E-state index contributed by atoms with van der Waals surface area (Å²) in [5, 5.41) is 42.6. The van der Waals surface area contributed by atoms with Gasteiger partial charge in [0, 0.05) is 17.9 Å². The summed E-state index contributed by atoms with van der Waals surface area (Å²) in [6.45, 7) is 1.05. The van der Waals surface area contributed by atoms with Crippen molar-refractivity contribution in [1.82, 2.24) is 0 Å². The summed E-state index contributed by atoms with van der Waals surface area (Å²) < 4.78 is 4.75. The van der Waals surface area contributed by atoms with Crippen molar-refractivity contribution in [3.05, 3.63) is 51.5 Å². The molecule has 0 aromatic heterocycles. The molecule has 9 heteroatoms. The monoisotopic (exact) mass is 428 g/mol. The molecule has 9 nitrogen and oxygen atoms in total. The number of methoxy groups -OCH3 is 1. The van der Waals surface area contributed by atoms with Gasteiger partial charge in [0.1, 0.15) is 22.8 Å². The molecule has 4 N–H and O–H groups in total. The number of ether oxygens (including phenoxy) is 1. The molecule has 162 valence electrons. The summed E-state index contributed by atoms with van der Waals surface area (Å²) >= 11 is 0. The summed E-state index contributed by atoms with van der Waals surface area (Å²) in [5.74, 6) is -6.90. The fourth-order valence-corrected chi connectivity index (χ4v) is 5.03. The maximum absolute atomic E-state index is 13.3. The maximum atomic E-state index is 13.3. The molecular weight excluding hydrogens is 408 g/mol. The number of Topliss-reactive ketones (excluding diaryl/α,β-unsaturated/α-hetero) is 3. The van der Waals surface area contributed by atoms with Crippen LogP contribution in [0, 0.1) is 11.8 Å². The van der Waals surface area contributed by atoms with Gasteiger partial charge in [0.2, 0.25) is 5.78 Å². The topological polar surface area (TPSA) is 158 Å². The first-order valence-corrected chi connectivity index (χ1v) is 9.65. The fourth-order valence-electron chi connectivity index (χ4n) is 5.03. The van der Waals surface area contributed by atoms with Gasteiger partial charge in [-0.15, -0.1) is 0 Å². The lowest BCUT2D eigenvalue weighted by molar-refractivity contribution is -0.144. The van der Waals surface area contributed by atoms with Crippen LogP contribution < -0.4 is 0 Å². The zero-order valence-corrected chi connectivity index (χ0v) is 16.8. The summed E-state index contributed by atoms with van der Waals surface area (Å²) in [4.78, 5) is 50.2. The van der Waals surface area contributed by atoms with Crippen LogP contribution >= 0.6 is 0 Å². The Morgan fingerprint density at radius 2 is 1.81 bits per heavy atom. The minimum atomic E-state index is -2.54. The van der Waals surface area contributed by atoms with Crippen LogP contribution in [0.25, 0.3) is 0 Å². The Hall–Kier alpha value is -3.46. The average Bonchev–Trinajstić information content (AvgIpc) is 2.70. The van der Waals surface area contributed by atoms with Crippen LogP contribution in [0.1, 0.15) is 46.0 Å². The number of aliphatic hydroxyl groups excluding tert-OH is 2. The fraction of sp³-hybridized carbons (Fsp3) is 0.364. The molecule has 0 bridgehead atoms. The number of fused-ring (bicyclic) bond motifs is 3. The highest BCUT2D eigenvalue weighted by molar-refractivity contribution is 6.25. The molecule has 1 aromatic rings. The lowest BCUT2D eigenvalue weighted by Crippen LogP contribution is -2.56. The molecule has 3 atom stereocenters. The minimum Gasteiger partial charge on any atom is -0.511 e. The third-order valence-corrected chi connectivity index (χ3v) is 6.46. The second-order valence-corrected chi connectivity index (χ2v) is 8.08. The van der Waals surface area contributed by atoms with Crippen LogP contribution in [0.3, 0.4) is 0 Å². The first kappa shape index (κ1) is 20.8. The van der Waals surface area contributed by atoms with Crippen LogP contribution in [0.2, 0.25) is 0 Å². The number of hydrogen-bond donors (Lipinski definition) is 4. The van der Waals surface area contributed by atoms with Crippen molar-refractivity contribution in [3.63, 3.8) is 0 Å². The lowest BCUT2D eigenvalue weighted by atomic mass is 9.60. The highest BCUT2D eigenvalue weighted by atomic mass is 16.5. The smallest absolute Gasteiger partial charge is 0.338 e. The first-order chi connectivity index (χ1) is 14.5. The van der Waals surface area contributed by atoms with Gasteiger partial charge in [-0.1, -0.05) is 0 Å². The van der Waals surface area contributed by atoms with Crippen LogP contribution in [0.4, 0.5) is 0 Å². The molecule has 0 saturated carbocycles. The molecule has 31 heavy (non-hydrogen) atoms. The number of phenolic OH excluding ortho intramolecular Hbond substituents is 1. The van der Waals surface area contributed by atoms with E-state index in [0.717, 1.165) is 13.0 Å². The van der Waals surface area contributed by atoms with Gasteiger partial charge in [-0.3, -0.25) is 14.4 Å². The van der Waals surface area contributed by atoms with Gasteiger partial charge >= 0.3 is 5.97 Å². The SMILES string of the molecule is COC(=O)c1ccc(O)c2c1C[C@@H]1C[C@@H]3CC(O)=C(C(C)=O)C(=O)[C@]3(O)C(O)=C1C2=O. The van der Waals surface area contributed by atoms with E-state index in [1.807, 2.05) is 0 Å². The van der Waals surface area contributed by atoms with Crippen LogP contribution in [-0.2, 0) is 20.7 Å². The molecule has 0 heterocycles. The second kappa shape index (κ2) is 6.78. The third kappa shape index (κ3) is 2.66. The molecule has 0 spiro atoms. The zero-order chi connectivity index (χ0) is 22.8. The standard InChI is InChI=1S/C22H20O9/c1-8(23)15-14(25)7-10-5-9-6-12-11(21(29)31-2)3-4-13(24)17(12)18(26)16(9)20(28)22(10,30)19(15)27/h3-4,9-10,24-25,28,30H,5-7H2,1-2H3/t9-,10+,22-/m0/s1. The molecule has 0 amide bonds. The molecule has 0 fully saturated rings. The van der Waals surface area contributed by atoms with Crippen molar-refractivity contribution in [3.8, 4) is 5.75 Å². The number of carbonyl (C=O) groups excluding carboxylic acids is 4. The van der Waals surface area contributed by atoms with E-state index in [1.54, 1.807) is 0 Å². The van der Waals surface area contributed by atoms with Crippen molar-refractivity contribution in [2.45, 2.75) is 31.8 Å². The van der Waals surface area contributed by atoms with Crippen LogP contribution in [0.5, 0.6) is 5.75 Å². The van der Waals surface area contributed by atoms with E-state index in [4.69, 9.17) is 4.74 Å². The summed E-state index contributed by atoms with van der Waals surface area (Å²) in [6, 6.07) is 2.49. The van der Waals surface area contributed by atoms with Gasteiger partial charge in [-0.05, 0) is 43.4 Å². The summed E-state index contributed by atoms with van der Waals surface area (Å²) in [7, 11) is 1.18. The van der Waals surface area contributed by atoms with E-state index < -0.39 is 63.6 Å². The van der Waals surface area contributed by atoms with Crippen LogP contribution in [0.15, 0.2) is 34.8 Å². The molecule has 3 aliphatic carbocycles. The molecule has 0 saturated heterocycles. The minimum absolute atomic E-state index is 0.0261. The van der Waals surface area contributed by atoms with E-state index in [1.165, 1.54) is 13.2 Å². The van der Waals surface area contributed by atoms with Crippen molar-refractivity contribution >= 4 is 23.3 Å². The number of rotatable bonds is 2. The lowest BCUT2D eigenvalue weighted by Gasteiger charge is -2.45. The Balaban J connectivity index is 1.92. The Labute approximate surface area is 176 Å². The highest BCUT2D eigenvalue weighted by Crippen LogP contribution is 2.51. The normalized spacial score (nSPS) is 27.5. The average molecular weight is 428 g/mol. The summed E-state index contributed by atoms with van der Waals surface area (Å²) in [5.41, 5.74) is -3.28. The largest absolute Gasteiger partial charge is 0.511 e. The maximum Gasteiger partial charge on any atom is 0.338 e. The molecular formula is C22H20O9. The molecule has 0 unspecified atom stereocenters. The number of esters is 1. The van der Waals surface area contributed by atoms with Gasteiger partial charge in [-0.25, -0.2) is 4.79 Å². The Bertz CT molecular complexity index is 1140. The number of benzene rings is 1. The van der Waals surface area contributed by atoms with Gasteiger partial charge in [0.05, 0.1) is 18.2 Å². The van der Waals surface area contributed by atoms with E-state index in [-0.39, 0.29) is 41.5 Å². The number of carbonyl (C=O) groups is 4. The second-order valence-electron chi connectivity index (χ2n) is 8.08. The number of phenols is 1. The molecule has 3 aliphatic rings. The van der Waals surface area contributed by atoms with Crippen molar-refractivity contribution in [2.24, 2.45) is 11.8 Å². The van der Waals surface area contributed by atoms with Gasteiger partial charge in [0.25, 0.3) is 0 Å². The Morgan fingerprint density at radius 1 is 1.13 bits per heavy atom. The first-order valence-electron chi connectivity index (χ1n) is 9.65. The molecule has 0 radical (unpaired) electrons.